The van der Waals surface area contributed by atoms with Gasteiger partial charge in [-0.15, -0.1) is 11.3 Å². The van der Waals surface area contributed by atoms with E-state index in [4.69, 9.17) is 4.42 Å². The molecule has 0 saturated carbocycles. The molecule has 0 saturated heterocycles. The van der Waals surface area contributed by atoms with Crippen LogP contribution in [0.2, 0.25) is 0 Å². The average molecular weight is 1080 g/mol. The van der Waals surface area contributed by atoms with E-state index in [1.165, 1.54) is 82.4 Å². The lowest BCUT2D eigenvalue weighted by molar-refractivity contribution is 0.628. The summed E-state index contributed by atoms with van der Waals surface area (Å²) in [5.74, 6) is -0.245. The number of para-hydroxylation sites is 2. The summed E-state index contributed by atoms with van der Waals surface area (Å²) in [5, 5.41) is 4.84. The third-order valence-electron chi connectivity index (χ3n) is 17.1. The van der Waals surface area contributed by atoms with Gasteiger partial charge in [-0.1, -0.05) is 237 Å². The summed E-state index contributed by atoms with van der Waals surface area (Å²) < 4.78 is 23.1. The topological polar surface area (TPSA) is 16.4 Å². The molecule has 83 heavy (non-hydrogen) atoms. The molecular weight excluding hydrogens is 1030 g/mol. The maximum absolute atomic E-state index is 13.9. The number of hydrogen-bond donors (Lipinski definition) is 0. The van der Waals surface area contributed by atoms with E-state index in [0.717, 1.165) is 77.9 Å². The van der Waals surface area contributed by atoms with Crippen LogP contribution in [0.15, 0.2) is 308 Å². The van der Waals surface area contributed by atoms with Crippen molar-refractivity contribution in [2.75, 3.05) is 4.90 Å². The van der Waals surface area contributed by atoms with Crippen LogP contribution in [0.5, 0.6) is 0 Å². The molecule has 1 atom stereocenters. The van der Waals surface area contributed by atoms with Gasteiger partial charge < -0.3 is 9.32 Å². The van der Waals surface area contributed by atoms with Gasteiger partial charge in [-0.05, 0) is 150 Å². The lowest BCUT2D eigenvalue weighted by Gasteiger charge is -2.34. The second-order valence-electron chi connectivity index (χ2n) is 21.6. The zero-order chi connectivity index (χ0) is 55.0. The largest absolute Gasteiger partial charge is 0.455 e. The predicted octanol–water partition coefficient (Wildman–Crippen LogP) is 22.3. The fourth-order valence-corrected chi connectivity index (χ4v) is 14.4. The van der Waals surface area contributed by atoms with Crippen molar-refractivity contribution in [3.8, 4) is 66.8 Å². The Labute approximate surface area is 484 Å². The normalized spacial score (nSPS) is 13.7. The van der Waals surface area contributed by atoms with E-state index in [0.29, 0.717) is 0 Å². The van der Waals surface area contributed by atoms with E-state index in [1.54, 1.807) is 0 Å². The summed E-state index contributed by atoms with van der Waals surface area (Å²) in [6.45, 7) is 0. The van der Waals surface area contributed by atoms with E-state index in [1.807, 2.05) is 29.5 Å². The molecule has 15 aromatic rings. The Kier molecular flexibility index (Phi) is 11.5. The highest BCUT2D eigenvalue weighted by atomic mass is 32.1. The highest BCUT2D eigenvalue weighted by Crippen LogP contribution is 2.57. The van der Waals surface area contributed by atoms with Crippen molar-refractivity contribution in [3.05, 3.63) is 331 Å². The summed E-state index contributed by atoms with van der Waals surface area (Å²) in [6.07, 6.45) is 0. The van der Waals surface area contributed by atoms with Crippen LogP contribution in [-0.2, 0) is 5.41 Å². The number of rotatable bonds is 10. The predicted molar refractivity (Wildman–Crippen MR) is 346 cm³/mol. The molecule has 0 radical (unpaired) electrons. The van der Waals surface area contributed by atoms with Gasteiger partial charge in [0, 0.05) is 53.6 Å². The number of benzene rings is 13. The van der Waals surface area contributed by atoms with Crippen LogP contribution in [0.25, 0.3) is 109 Å². The first-order valence-electron chi connectivity index (χ1n) is 28.2. The summed E-state index contributed by atoms with van der Waals surface area (Å²) in [4.78, 5) is 2.31. The van der Waals surface area contributed by atoms with Crippen molar-refractivity contribution in [2.24, 2.45) is 0 Å². The van der Waals surface area contributed by atoms with Gasteiger partial charge >= 0.3 is 0 Å². The monoisotopic (exact) mass is 1080 g/mol. The molecule has 1 unspecified atom stereocenters. The SMILES string of the molecule is Fc1ccc(-c2ccc(N(c3ccc(-c4ccccc4)cc3)c3ccc(-c4ccc5c(c4)C(c4ccc(-c6cccc7c6oc6ccccc67)cc4)(c4ccc(-c6cccc7c6sc6ccccc67)cc4)c4ccccc4-5)cc3)cc2)cc1. The van der Waals surface area contributed by atoms with Crippen molar-refractivity contribution in [3.63, 3.8) is 0 Å². The molecule has 0 amide bonds. The molecule has 0 fully saturated rings. The smallest absolute Gasteiger partial charge is 0.143 e. The summed E-state index contributed by atoms with van der Waals surface area (Å²) in [7, 11) is 0. The van der Waals surface area contributed by atoms with Crippen LogP contribution in [0.3, 0.4) is 0 Å². The van der Waals surface area contributed by atoms with E-state index < -0.39 is 5.41 Å². The van der Waals surface area contributed by atoms with E-state index in [2.05, 4.69) is 278 Å². The molecule has 1 aliphatic rings. The molecule has 0 aliphatic heterocycles. The van der Waals surface area contributed by atoms with Crippen LogP contribution >= 0.6 is 11.3 Å². The van der Waals surface area contributed by atoms with E-state index in [-0.39, 0.29) is 5.82 Å². The molecule has 390 valence electrons. The Morgan fingerprint density at radius 2 is 0.771 bits per heavy atom. The lowest BCUT2D eigenvalue weighted by atomic mass is 9.67. The first-order chi connectivity index (χ1) is 41.0. The Balaban J connectivity index is 0.828. The van der Waals surface area contributed by atoms with Gasteiger partial charge in [0.2, 0.25) is 0 Å². The van der Waals surface area contributed by atoms with Gasteiger partial charge in [-0.2, -0.15) is 0 Å². The van der Waals surface area contributed by atoms with Crippen molar-refractivity contribution in [2.45, 2.75) is 5.41 Å². The van der Waals surface area contributed by atoms with Crippen molar-refractivity contribution < 1.29 is 8.81 Å². The molecule has 0 spiro atoms. The van der Waals surface area contributed by atoms with Gasteiger partial charge in [0.1, 0.15) is 17.0 Å². The molecule has 2 nitrogen and oxygen atoms in total. The van der Waals surface area contributed by atoms with Gasteiger partial charge in [-0.3, -0.25) is 0 Å². The van der Waals surface area contributed by atoms with Crippen LogP contribution < -0.4 is 4.90 Å². The average Bonchev–Trinajstić information content (AvgIpc) is 2.83. The standard InChI is InChI=1S/C79H50FNOS/c80-61-41-28-52(29-42-61)54-32-45-63(46-33-54)81(62-43-30-53(31-44-62)51-12-2-1-3-13-51)64-47-34-55(35-48-64)58-36-49-68-67-14-4-7-21-73(67)79(74(68)50-58,59-37-24-56(25-38-59)65-17-10-19-71-69-15-5-8-22-75(69)82-77(65)71)60-39-26-57(27-40-60)66-18-11-20-72-70-16-6-9-23-76(70)83-78(66)72/h1-50H. The number of nitrogens with zero attached hydrogens (tertiary/aromatic N) is 1. The molecule has 13 aromatic carbocycles. The summed E-state index contributed by atoms with van der Waals surface area (Å²) in [5.41, 5.74) is 22.8. The summed E-state index contributed by atoms with van der Waals surface area (Å²) >= 11 is 1.87. The molecule has 16 rings (SSSR count). The number of thiophene rings is 1. The number of anilines is 3. The molecule has 0 bridgehead atoms. The fourth-order valence-electron chi connectivity index (χ4n) is 13.1. The first kappa shape index (κ1) is 48.5. The zero-order valence-corrected chi connectivity index (χ0v) is 45.8. The Bertz CT molecular complexity index is 4770. The molecule has 1 aliphatic carbocycles. The highest BCUT2D eigenvalue weighted by Gasteiger charge is 2.46. The Morgan fingerprint density at radius 1 is 0.313 bits per heavy atom. The second kappa shape index (κ2) is 19.7. The quantitative estimate of drug-likeness (QED) is 0.136. The van der Waals surface area contributed by atoms with E-state index >= 15 is 0 Å². The van der Waals surface area contributed by atoms with Crippen molar-refractivity contribution in [1.82, 2.24) is 0 Å². The third-order valence-corrected chi connectivity index (χ3v) is 18.3. The minimum absolute atomic E-state index is 0.245. The third kappa shape index (κ3) is 8.05. The van der Waals surface area contributed by atoms with Crippen LogP contribution in [0.4, 0.5) is 21.5 Å². The number of furan rings is 1. The minimum Gasteiger partial charge on any atom is -0.455 e. The van der Waals surface area contributed by atoms with Crippen LogP contribution in [0, 0.1) is 5.82 Å². The highest BCUT2D eigenvalue weighted by molar-refractivity contribution is 7.26. The summed E-state index contributed by atoms with van der Waals surface area (Å²) in [6, 6.07) is 109. The molecule has 2 heterocycles. The number of halogens is 1. The van der Waals surface area contributed by atoms with Gasteiger partial charge in [0.25, 0.3) is 0 Å². The maximum Gasteiger partial charge on any atom is 0.143 e. The van der Waals surface area contributed by atoms with Crippen molar-refractivity contribution in [1.29, 1.82) is 0 Å². The number of hydrogen-bond acceptors (Lipinski definition) is 3. The Hall–Kier alpha value is -10.4. The Morgan fingerprint density at radius 3 is 1.43 bits per heavy atom. The second-order valence-corrected chi connectivity index (χ2v) is 22.7. The molecular formula is C79H50FNOS. The number of fused-ring (bicyclic) bond motifs is 9. The molecule has 2 aromatic heterocycles. The minimum atomic E-state index is -0.670. The molecule has 0 N–H and O–H groups in total. The maximum atomic E-state index is 13.9. The van der Waals surface area contributed by atoms with Crippen molar-refractivity contribution >= 4 is 70.5 Å². The van der Waals surface area contributed by atoms with Gasteiger partial charge in [0.15, 0.2) is 0 Å². The molecule has 4 heteroatoms. The lowest BCUT2D eigenvalue weighted by Crippen LogP contribution is -2.28. The fraction of sp³-hybridized carbons (Fsp3) is 0.0127. The zero-order valence-electron chi connectivity index (χ0n) is 45.0. The van der Waals surface area contributed by atoms with Gasteiger partial charge in [-0.25, -0.2) is 4.39 Å². The van der Waals surface area contributed by atoms with Gasteiger partial charge in [0.05, 0.1) is 5.41 Å². The van der Waals surface area contributed by atoms with Crippen LogP contribution in [0.1, 0.15) is 22.3 Å². The van der Waals surface area contributed by atoms with Crippen LogP contribution in [-0.4, -0.2) is 0 Å². The first-order valence-corrected chi connectivity index (χ1v) is 29.0. The van der Waals surface area contributed by atoms with E-state index in [9.17, 15) is 4.39 Å².